The van der Waals surface area contributed by atoms with Gasteiger partial charge in [-0.2, -0.15) is 5.26 Å². The molecule has 3 heterocycles. The third kappa shape index (κ3) is 2.75. The van der Waals surface area contributed by atoms with Crippen molar-refractivity contribution in [2.75, 3.05) is 0 Å². The quantitative estimate of drug-likeness (QED) is 0.729. The minimum atomic E-state index is -1.15. The van der Waals surface area contributed by atoms with Gasteiger partial charge in [-0.3, -0.25) is 14.2 Å². The number of rotatable bonds is 4. The third-order valence-corrected chi connectivity index (χ3v) is 3.81. The summed E-state index contributed by atoms with van der Waals surface area (Å²) in [5.41, 5.74) is 0.960. The second-order valence-corrected chi connectivity index (χ2v) is 5.52. The Morgan fingerprint density at radius 2 is 2.17 bits per heavy atom. The fraction of sp³-hybridized carbons (Fsp3) is 0.125. The number of nitriles is 1. The normalized spacial score (nSPS) is 10.7. The van der Waals surface area contributed by atoms with E-state index in [-0.39, 0.29) is 5.56 Å². The summed E-state index contributed by atoms with van der Waals surface area (Å²) in [7, 11) is 0. The minimum absolute atomic E-state index is 0.0752. The number of carbonyl (C=O) groups is 1. The number of fused-ring (bicyclic) bond motifs is 1. The molecule has 0 amide bonds. The number of halogens is 1. The van der Waals surface area contributed by atoms with Gasteiger partial charge in [-0.05, 0) is 23.8 Å². The molecule has 0 unspecified atom stereocenters. The molecule has 7 nitrogen and oxygen atoms in total. The smallest absolute Gasteiger partial charge is 0.323 e. The van der Waals surface area contributed by atoms with Crippen LogP contribution in [0, 0.1) is 11.3 Å². The van der Waals surface area contributed by atoms with Crippen LogP contribution in [0.15, 0.2) is 41.5 Å². The Labute approximate surface area is 141 Å². The Balaban J connectivity index is 2.14. The molecule has 0 bridgehead atoms. The van der Waals surface area contributed by atoms with Crippen molar-refractivity contribution in [3.63, 3.8) is 0 Å². The van der Waals surface area contributed by atoms with Gasteiger partial charge in [0, 0.05) is 18.9 Å². The molecule has 0 atom stereocenters. The van der Waals surface area contributed by atoms with Crippen LogP contribution in [0.1, 0.15) is 11.1 Å². The van der Waals surface area contributed by atoms with Crippen LogP contribution < -0.4 is 5.56 Å². The van der Waals surface area contributed by atoms with Crippen molar-refractivity contribution in [3.8, 4) is 17.5 Å². The third-order valence-electron chi connectivity index (χ3n) is 3.58. The number of aromatic nitrogens is 3. The van der Waals surface area contributed by atoms with Gasteiger partial charge >= 0.3 is 5.97 Å². The molecule has 0 fully saturated rings. The zero-order valence-electron chi connectivity index (χ0n) is 12.3. The van der Waals surface area contributed by atoms with E-state index in [0.717, 1.165) is 10.1 Å². The highest BCUT2D eigenvalue weighted by Gasteiger charge is 2.24. The Morgan fingerprint density at radius 3 is 2.79 bits per heavy atom. The monoisotopic (exact) mass is 342 g/mol. The lowest BCUT2D eigenvalue weighted by atomic mass is 10.2. The average molecular weight is 343 g/mol. The van der Waals surface area contributed by atoms with Gasteiger partial charge in [-0.1, -0.05) is 17.7 Å². The van der Waals surface area contributed by atoms with Crippen LogP contribution in [0.2, 0.25) is 5.15 Å². The summed E-state index contributed by atoms with van der Waals surface area (Å²) < 4.78 is 2.81. The molecular formula is C16H11ClN4O3. The highest BCUT2D eigenvalue weighted by molar-refractivity contribution is 6.29. The zero-order valence-corrected chi connectivity index (χ0v) is 13.1. The molecule has 0 radical (unpaired) electrons. The van der Waals surface area contributed by atoms with Crippen LogP contribution in [-0.4, -0.2) is 25.2 Å². The van der Waals surface area contributed by atoms with Crippen molar-refractivity contribution in [1.82, 2.24) is 14.1 Å². The van der Waals surface area contributed by atoms with E-state index < -0.39 is 18.1 Å². The molecular weight excluding hydrogens is 332 g/mol. The summed E-state index contributed by atoms with van der Waals surface area (Å²) >= 11 is 5.77. The first-order valence-electron chi connectivity index (χ1n) is 6.95. The summed E-state index contributed by atoms with van der Waals surface area (Å²) in [6.07, 6.45) is 3.33. The van der Waals surface area contributed by atoms with Gasteiger partial charge in [0.15, 0.2) is 0 Å². The van der Waals surface area contributed by atoms with E-state index in [1.807, 2.05) is 6.07 Å². The van der Waals surface area contributed by atoms with Crippen LogP contribution in [0.3, 0.4) is 0 Å². The molecule has 0 saturated heterocycles. The molecule has 8 heteroatoms. The molecule has 3 rings (SSSR count). The highest BCUT2D eigenvalue weighted by atomic mass is 35.5. The first kappa shape index (κ1) is 15.8. The number of hydrogen-bond acceptors (Lipinski definition) is 4. The highest BCUT2D eigenvalue weighted by Crippen LogP contribution is 2.25. The maximum absolute atomic E-state index is 12.3. The van der Waals surface area contributed by atoms with Crippen LogP contribution in [0.25, 0.3) is 11.4 Å². The fourth-order valence-electron chi connectivity index (χ4n) is 2.60. The lowest BCUT2D eigenvalue weighted by Crippen LogP contribution is -2.21. The van der Waals surface area contributed by atoms with Crippen molar-refractivity contribution >= 4 is 17.6 Å². The number of carboxylic acids is 1. The number of aliphatic carboxylic acids is 1. The largest absolute Gasteiger partial charge is 0.480 e. The maximum Gasteiger partial charge on any atom is 0.323 e. The number of carboxylic acid groups (broad SMARTS) is 1. The lowest BCUT2D eigenvalue weighted by Gasteiger charge is -2.14. The van der Waals surface area contributed by atoms with Crippen LogP contribution in [0.4, 0.5) is 0 Å². The van der Waals surface area contributed by atoms with Gasteiger partial charge in [0.1, 0.15) is 23.3 Å². The Morgan fingerprint density at radius 1 is 1.38 bits per heavy atom. The lowest BCUT2D eigenvalue weighted by molar-refractivity contribution is -0.137. The molecule has 0 spiro atoms. The summed E-state index contributed by atoms with van der Waals surface area (Å²) in [6.45, 7) is -0.129. The van der Waals surface area contributed by atoms with E-state index in [1.54, 1.807) is 41.2 Å². The molecule has 1 N–H and O–H groups in total. The summed E-state index contributed by atoms with van der Waals surface area (Å²) in [6, 6.07) is 8.65. The fourth-order valence-corrected chi connectivity index (χ4v) is 2.71. The van der Waals surface area contributed by atoms with Crippen LogP contribution in [-0.2, 0) is 17.9 Å². The molecule has 0 saturated carbocycles. The van der Waals surface area contributed by atoms with Crippen LogP contribution in [0.5, 0.6) is 0 Å². The number of pyridine rings is 2. The summed E-state index contributed by atoms with van der Waals surface area (Å²) in [5.74, 6) is -1.15. The second kappa shape index (κ2) is 6.18. The van der Waals surface area contributed by atoms with Gasteiger partial charge in [0.2, 0.25) is 0 Å². The Hall–Kier alpha value is -3.11. The van der Waals surface area contributed by atoms with Gasteiger partial charge in [-0.25, -0.2) is 4.98 Å². The van der Waals surface area contributed by atoms with Gasteiger partial charge in [-0.15, -0.1) is 0 Å². The number of hydrogen-bond donors (Lipinski definition) is 1. The van der Waals surface area contributed by atoms with E-state index in [4.69, 9.17) is 16.7 Å². The molecule has 0 aromatic carbocycles. The van der Waals surface area contributed by atoms with E-state index in [9.17, 15) is 14.9 Å². The molecule has 2 aliphatic rings. The topological polar surface area (TPSA) is 101 Å². The van der Waals surface area contributed by atoms with Crippen molar-refractivity contribution in [2.24, 2.45) is 0 Å². The molecule has 2 aliphatic heterocycles. The maximum atomic E-state index is 12.3. The first-order chi connectivity index (χ1) is 11.5. The van der Waals surface area contributed by atoms with Gasteiger partial charge in [0.05, 0.1) is 11.4 Å². The predicted octanol–water partition coefficient (Wildman–Crippen LogP) is 1.81. The zero-order chi connectivity index (χ0) is 17.3. The van der Waals surface area contributed by atoms with E-state index >= 15 is 0 Å². The van der Waals surface area contributed by atoms with Crippen molar-refractivity contribution < 1.29 is 9.90 Å². The molecule has 24 heavy (non-hydrogen) atoms. The van der Waals surface area contributed by atoms with Crippen LogP contribution >= 0.6 is 11.6 Å². The van der Waals surface area contributed by atoms with E-state index in [2.05, 4.69) is 4.98 Å². The molecule has 1 aromatic rings. The van der Waals surface area contributed by atoms with Crippen molar-refractivity contribution in [2.45, 2.75) is 13.1 Å². The average Bonchev–Trinajstić information content (AvgIpc) is 2.82. The standard InChI is InChI=1S/C16H11ClN4O3/c17-13-4-3-10(7-19-13)8-20-5-1-2-12-15(20)11(6-18)16(24)21(12)9-14(22)23/h1-5,7H,8-9H2,(H,22,23). The second-order valence-electron chi connectivity index (χ2n) is 5.13. The van der Waals surface area contributed by atoms with Gasteiger partial charge in [0.25, 0.3) is 5.56 Å². The van der Waals surface area contributed by atoms with E-state index in [0.29, 0.717) is 23.1 Å². The predicted molar refractivity (Wildman–Crippen MR) is 86.0 cm³/mol. The Kier molecular flexibility index (Phi) is 4.06. The summed E-state index contributed by atoms with van der Waals surface area (Å²) in [4.78, 5) is 27.3. The van der Waals surface area contributed by atoms with E-state index in [1.165, 1.54) is 0 Å². The molecule has 0 aliphatic carbocycles. The molecule has 120 valence electrons. The molecule has 1 aromatic heterocycles. The minimum Gasteiger partial charge on any atom is -0.480 e. The van der Waals surface area contributed by atoms with Crippen molar-refractivity contribution in [3.05, 3.63) is 63.3 Å². The first-order valence-corrected chi connectivity index (χ1v) is 7.33. The van der Waals surface area contributed by atoms with Crippen molar-refractivity contribution in [1.29, 1.82) is 5.26 Å². The van der Waals surface area contributed by atoms with Gasteiger partial charge < -0.3 is 9.67 Å². The number of nitrogens with zero attached hydrogens (tertiary/aromatic N) is 4. The summed E-state index contributed by atoms with van der Waals surface area (Å²) in [5, 5.41) is 18.7. The SMILES string of the molecule is N#Cc1c2n(Cc3ccc(Cl)nc3)cccc-2n(CC(=O)O)c1=O. The Bertz CT molecular complexity index is 982.